The topological polar surface area (TPSA) is 30.5 Å². The van der Waals surface area contributed by atoms with Crippen LogP contribution in [0.5, 0.6) is 0 Å². The molecule has 4 rings (SSSR count). The van der Waals surface area contributed by atoms with E-state index in [0.29, 0.717) is 13.2 Å². The van der Waals surface area contributed by atoms with E-state index in [9.17, 15) is 0 Å². The van der Waals surface area contributed by atoms with Crippen LogP contribution in [0.4, 0.5) is 5.69 Å². The second-order valence-corrected chi connectivity index (χ2v) is 8.29. The fraction of sp³-hybridized carbons (Fsp3) is 0.429. The van der Waals surface area contributed by atoms with Gasteiger partial charge in [0.15, 0.2) is 0 Å². The summed E-state index contributed by atoms with van der Waals surface area (Å²) in [5.41, 5.74) is 4.84. The van der Waals surface area contributed by atoms with Crippen LogP contribution in [0.1, 0.15) is 49.6 Å². The van der Waals surface area contributed by atoms with E-state index >= 15 is 0 Å². The van der Waals surface area contributed by atoms with Gasteiger partial charge in [-0.1, -0.05) is 56.6 Å². The third-order valence-corrected chi connectivity index (χ3v) is 5.30. The first kappa shape index (κ1) is 16.9. The smallest absolute Gasteiger partial charge is 0.113 e. The number of rotatable bonds is 1. The highest BCUT2D eigenvalue weighted by molar-refractivity contribution is 6.30. The fourth-order valence-corrected chi connectivity index (χ4v) is 3.90. The maximum absolute atomic E-state index is 6.21. The minimum absolute atomic E-state index is 0.0250. The first-order chi connectivity index (χ1) is 11.9. The number of benzene rings is 2. The second-order valence-electron chi connectivity index (χ2n) is 7.86. The van der Waals surface area contributed by atoms with Gasteiger partial charge in [-0.3, -0.25) is 0 Å². The molecule has 3 atom stereocenters. The normalized spacial score (nSPS) is 25.7. The Morgan fingerprint density at radius 1 is 1.04 bits per heavy atom. The van der Waals surface area contributed by atoms with E-state index in [2.05, 4.69) is 50.4 Å². The zero-order chi connectivity index (χ0) is 17.6. The van der Waals surface area contributed by atoms with Gasteiger partial charge in [-0.05, 0) is 34.7 Å². The predicted octanol–water partition coefficient (Wildman–Crippen LogP) is 5.26. The van der Waals surface area contributed by atoms with Crippen molar-refractivity contribution in [2.45, 2.75) is 44.4 Å². The molecule has 3 nitrogen and oxygen atoms in total. The molecule has 0 aliphatic carbocycles. The van der Waals surface area contributed by atoms with Gasteiger partial charge in [0, 0.05) is 16.3 Å². The highest BCUT2D eigenvalue weighted by Crippen LogP contribution is 2.45. The lowest BCUT2D eigenvalue weighted by molar-refractivity contribution is -0.151. The molecule has 2 aromatic carbocycles. The summed E-state index contributed by atoms with van der Waals surface area (Å²) in [6, 6.07) is 14.6. The summed E-state index contributed by atoms with van der Waals surface area (Å²) in [4.78, 5) is 0. The van der Waals surface area contributed by atoms with Gasteiger partial charge in [0.25, 0.3) is 0 Å². The van der Waals surface area contributed by atoms with Gasteiger partial charge in [0.1, 0.15) is 12.2 Å². The van der Waals surface area contributed by atoms with Gasteiger partial charge >= 0.3 is 0 Å². The van der Waals surface area contributed by atoms with E-state index in [1.54, 1.807) is 0 Å². The van der Waals surface area contributed by atoms with Crippen molar-refractivity contribution in [2.24, 2.45) is 0 Å². The fourth-order valence-electron chi connectivity index (χ4n) is 3.70. The molecule has 0 bridgehead atoms. The molecule has 25 heavy (non-hydrogen) atoms. The van der Waals surface area contributed by atoms with Crippen LogP contribution in [0.3, 0.4) is 0 Å². The van der Waals surface area contributed by atoms with Gasteiger partial charge in [0.2, 0.25) is 0 Å². The molecule has 1 saturated heterocycles. The van der Waals surface area contributed by atoms with Crippen molar-refractivity contribution in [3.05, 3.63) is 64.2 Å². The lowest BCUT2D eigenvalue weighted by Crippen LogP contribution is -2.43. The van der Waals surface area contributed by atoms with Crippen LogP contribution in [0.25, 0.3) is 0 Å². The average Bonchev–Trinajstić information content (AvgIpc) is 2.60. The first-order valence-corrected chi connectivity index (χ1v) is 9.21. The molecule has 0 saturated carbocycles. The number of anilines is 1. The summed E-state index contributed by atoms with van der Waals surface area (Å²) in [7, 11) is 0. The molecular formula is C21H24ClNO2. The Morgan fingerprint density at radius 2 is 1.84 bits per heavy atom. The molecule has 132 valence electrons. The van der Waals surface area contributed by atoms with E-state index in [1.165, 1.54) is 11.1 Å². The van der Waals surface area contributed by atoms with Crippen LogP contribution in [0.2, 0.25) is 5.02 Å². The van der Waals surface area contributed by atoms with E-state index in [1.807, 2.05) is 18.2 Å². The molecule has 3 unspecified atom stereocenters. The Labute approximate surface area is 154 Å². The molecule has 0 amide bonds. The predicted molar refractivity (Wildman–Crippen MR) is 101 cm³/mol. The number of nitrogens with one attached hydrogen (secondary N) is 1. The third kappa shape index (κ3) is 3.17. The zero-order valence-corrected chi connectivity index (χ0v) is 15.6. The van der Waals surface area contributed by atoms with E-state index in [-0.39, 0.29) is 23.7 Å². The number of fused-ring (bicyclic) bond motifs is 3. The number of hydrogen-bond donors (Lipinski definition) is 1. The van der Waals surface area contributed by atoms with Crippen molar-refractivity contribution in [3.8, 4) is 0 Å². The number of ether oxygens (including phenoxy) is 2. The summed E-state index contributed by atoms with van der Waals surface area (Å²) in [6.45, 7) is 7.94. The molecular weight excluding hydrogens is 334 g/mol. The maximum Gasteiger partial charge on any atom is 0.113 e. The van der Waals surface area contributed by atoms with Crippen LogP contribution in [0.15, 0.2) is 42.5 Å². The third-order valence-electron chi connectivity index (χ3n) is 5.06. The summed E-state index contributed by atoms with van der Waals surface area (Å²) in [6.07, 6.45) is -0.119. The SMILES string of the molecule is CC(C)(C)c1ccc2c(c1)C1OCCOC1C(c1cccc(Cl)c1)N2. The molecule has 2 heterocycles. The van der Waals surface area contributed by atoms with Gasteiger partial charge in [0.05, 0.1) is 19.3 Å². The average molecular weight is 358 g/mol. The number of hydrogen-bond acceptors (Lipinski definition) is 3. The molecule has 2 aromatic rings. The largest absolute Gasteiger partial charge is 0.375 e. The molecule has 2 aliphatic heterocycles. The summed E-state index contributed by atoms with van der Waals surface area (Å²) in [5.74, 6) is 0. The molecule has 0 spiro atoms. The summed E-state index contributed by atoms with van der Waals surface area (Å²) >= 11 is 6.21. The Kier molecular flexibility index (Phi) is 4.27. The van der Waals surface area contributed by atoms with Crippen LogP contribution in [0, 0.1) is 0 Å². The molecule has 4 heteroatoms. The maximum atomic E-state index is 6.21. The Balaban J connectivity index is 1.78. The highest BCUT2D eigenvalue weighted by Gasteiger charge is 2.41. The van der Waals surface area contributed by atoms with E-state index < -0.39 is 0 Å². The zero-order valence-electron chi connectivity index (χ0n) is 14.9. The Bertz CT molecular complexity index is 784. The first-order valence-electron chi connectivity index (χ1n) is 8.83. The van der Waals surface area contributed by atoms with E-state index in [4.69, 9.17) is 21.1 Å². The Morgan fingerprint density at radius 3 is 2.60 bits per heavy atom. The molecule has 0 radical (unpaired) electrons. The van der Waals surface area contributed by atoms with Crippen molar-refractivity contribution in [2.75, 3.05) is 18.5 Å². The molecule has 1 fully saturated rings. The lowest BCUT2D eigenvalue weighted by atomic mass is 9.82. The van der Waals surface area contributed by atoms with Crippen LogP contribution < -0.4 is 5.32 Å². The minimum atomic E-state index is -0.0602. The second kappa shape index (κ2) is 6.31. The quantitative estimate of drug-likeness (QED) is 0.755. The van der Waals surface area contributed by atoms with Gasteiger partial charge in [-0.2, -0.15) is 0 Å². The van der Waals surface area contributed by atoms with Gasteiger partial charge in [-0.15, -0.1) is 0 Å². The minimum Gasteiger partial charge on any atom is -0.375 e. The monoisotopic (exact) mass is 357 g/mol. The van der Waals surface area contributed by atoms with Crippen molar-refractivity contribution in [1.29, 1.82) is 0 Å². The van der Waals surface area contributed by atoms with Crippen molar-refractivity contribution in [1.82, 2.24) is 0 Å². The Hall–Kier alpha value is -1.55. The molecule has 0 aromatic heterocycles. The summed E-state index contributed by atoms with van der Waals surface area (Å²) in [5, 5.41) is 4.39. The number of halogens is 1. The van der Waals surface area contributed by atoms with E-state index in [0.717, 1.165) is 16.3 Å². The van der Waals surface area contributed by atoms with Crippen molar-refractivity contribution >= 4 is 17.3 Å². The van der Waals surface area contributed by atoms with Gasteiger partial charge < -0.3 is 14.8 Å². The van der Waals surface area contributed by atoms with Crippen molar-refractivity contribution in [3.63, 3.8) is 0 Å². The standard InChI is InChI=1S/C21H24ClNO2/c1-21(2,3)14-7-8-17-16(12-14)19-20(25-10-9-24-19)18(23-17)13-5-4-6-15(22)11-13/h4-8,11-12,18-20,23H,9-10H2,1-3H3. The summed E-state index contributed by atoms with van der Waals surface area (Å²) < 4.78 is 12.3. The van der Waals surface area contributed by atoms with Crippen LogP contribution >= 0.6 is 11.6 Å². The lowest BCUT2D eigenvalue weighted by Gasteiger charge is -2.43. The van der Waals surface area contributed by atoms with Crippen LogP contribution in [-0.2, 0) is 14.9 Å². The molecule has 1 N–H and O–H groups in total. The van der Waals surface area contributed by atoms with Crippen molar-refractivity contribution < 1.29 is 9.47 Å². The molecule has 2 aliphatic rings. The highest BCUT2D eigenvalue weighted by atomic mass is 35.5. The van der Waals surface area contributed by atoms with Gasteiger partial charge in [-0.25, -0.2) is 0 Å². The van der Waals surface area contributed by atoms with Crippen LogP contribution in [-0.4, -0.2) is 19.3 Å².